The minimum absolute atomic E-state index is 0. The highest BCUT2D eigenvalue weighted by Gasteiger charge is 2.20. The molecule has 0 aliphatic carbocycles. The van der Waals surface area contributed by atoms with E-state index in [1.54, 1.807) is 18.0 Å². The number of aromatic nitrogens is 2. The van der Waals surface area contributed by atoms with Crippen molar-refractivity contribution in [1.29, 1.82) is 0 Å². The Kier molecular flexibility index (Phi) is 6.50. The van der Waals surface area contributed by atoms with Crippen LogP contribution in [0.3, 0.4) is 0 Å². The second-order valence-corrected chi connectivity index (χ2v) is 6.48. The predicted octanol–water partition coefficient (Wildman–Crippen LogP) is 3.07. The molecule has 1 saturated heterocycles. The molecule has 1 aliphatic heterocycles. The van der Waals surface area contributed by atoms with Crippen LogP contribution in [0.1, 0.15) is 19.3 Å². The van der Waals surface area contributed by atoms with Gasteiger partial charge in [0.25, 0.3) is 0 Å². The number of hydrogen-bond acceptors (Lipinski definition) is 4. The number of nitrogens with one attached hydrogen (secondary N) is 2. The summed E-state index contributed by atoms with van der Waals surface area (Å²) in [5, 5.41) is 7.18. The summed E-state index contributed by atoms with van der Waals surface area (Å²) in [4.78, 5) is 17.6. The second kappa shape index (κ2) is 8.38. The average molecular weight is 353 g/mol. The number of carbonyl (C=O) groups excluding carboxylic acids is 1. The maximum Gasteiger partial charge on any atom is 0.241 e. The number of hydrogen-bond donors (Lipinski definition) is 2. The third-order valence-corrected chi connectivity index (χ3v) is 4.82. The Morgan fingerprint density at radius 3 is 2.74 bits per heavy atom. The van der Waals surface area contributed by atoms with E-state index in [9.17, 15) is 4.79 Å². The predicted molar refractivity (Wildman–Crippen MR) is 95.3 cm³/mol. The van der Waals surface area contributed by atoms with Crippen LogP contribution in [-0.2, 0) is 11.8 Å². The Morgan fingerprint density at radius 1 is 1.35 bits per heavy atom. The van der Waals surface area contributed by atoms with Crippen molar-refractivity contribution in [1.82, 2.24) is 14.9 Å². The molecule has 0 bridgehead atoms. The fourth-order valence-corrected chi connectivity index (χ4v) is 3.27. The second-order valence-electron chi connectivity index (χ2n) is 5.44. The van der Waals surface area contributed by atoms with Crippen LogP contribution in [0.5, 0.6) is 0 Å². The van der Waals surface area contributed by atoms with Crippen molar-refractivity contribution in [2.24, 2.45) is 7.05 Å². The molecule has 0 spiro atoms. The van der Waals surface area contributed by atoms with E-state index in [4.69, 9.17) is 0 Å². The zero-order valence-electron chi connectivity index (χ0n) is 13.0. The van der Waals surface area contributed by atoms with E-state index in [1.807, 2.05) is 42.1 Å². The van der Waals surface area contributed by atoms with Gasteiger partial charge in [0.2, 0.25) is 5.91 Å². The monoisotopic (exact) mass is 352 g/mol. The third-order valence-electron chi connectivity index (χ3n) is 3.73. The summed E-state index contributed by atoms with van der Waals surface area (Å²) < 4.78 is 1.98. The fourth-order valence-electron chi connectivity index (χ4n) is 2.47. The van der Waals surface area contributed by atoms with E-state index >= 15 is 0 Å². The summed E-state index contributed by atoms with van der Waals surface area (Å²) in [5.41, 5.74) is 0.835. The van der Waals surface area contributed by atoms with Gasteiger partial charge in [-0.1, -0.05) is 18.2 Å². The number of nitrogens with zero attached hydrogens (tertiary/aromatic N) is 2. The number of benzene rings is 1. The molecule has 1 amide bonds. The Morgan fingerprint density at radius 2 is 2.13 bits per heavy atom. The first-order chi connectivity index (χ1) is 10.7. The highest BCUT2D eigenvalue weighted by Crippen LogP contribution is 2.26. The number of aryl methyl sites for hydroxylation is 1. The lowest BCUT2D eigenvalue weighted by Gasteiger charge is -2.22. The van der Waals surface area contributed by atoms with Crippen molar-refractivity contribution in [3.8, 4) is 0 Å². The summed E-state index contributed by atoms with van der Waals surface area (Å²) in [6, 6.07) is 7.82. The first-order valence-corrected chi connectivity index (χ1v) is 8.33. The smallest absolute Gasteiger partial charge is 0.241 e. The molecule has 124 valence electrons. The summed E-state index contributed by atoms with van der Waals surface area (Å²) >= 11 is 1.60. The maximum absolute atomic E-state index is 12.2. The lowest BCUT2D eigenvalue weighted by molar-refractivity contribution is -0.118. The molecule has 2 aromatic rings. The summed E-state index contributed by atoms with van der Waals surface area (Å²) in [7, 11) is 1.97. The highest BCUT2D eigenvalue weighted by molar-refractivity contribution is 7.99. The van der Waals surface area contributed by atoms with Gasteiger partial charge in [0.1, 0.15) is 0 Å². The van der Waals surface area contributed by atoms with Gasteiger partial charge < -0.3 is 15.2 Å². The molecular weight excluding hydrogens is 332 g/mol. The Labute approximate surface area is 146 Å². The van der Waals surface area contributed by atoms with Crippen LogP contribution in [0, 0.1) is 0 Å². The molecule has 0 saturated carbocycles. The molecule has 0 radical (unpaired) electrons. The van der Waals surface area contributed by atoms with Crippen LogP contribution in [0.2, 0.25) is 0 Å². The van der Waals surface area contributed by atoms with Gasteiger partial charge in [-0.3, -0.25) is 4.79 Å². The van der Waals surface area contributed by atoms with Gasteiger partial charge in [0.15, 0.2) is 5.16 Å². The molecule has 5 nitrogen and oxygen atoms in total. The van der Waals surface area contributed by atoms with E-state index in [2.05, 4.69) is 15.6 Å². The molecule has 1 atom stereocenters. The number of anilines is 1. The van der Waals surface area contributed by atoms with E-state index in [1.165, 1.54) is 0 Å². The first kappa shape index (κ1) is 17.8. The SMILES string of the molecule is Cl.Cn1ccnc1Sc1ccc(NC(=O)[C@@H]2CCCCN2)cc1. The van der Waals surface area contributed by atoms with Crippen molar-refractivity contribution < 1.29 is 4.79 Å². The van der Waals surface area contributed by atoms with Crippen molar-refractivity contribution in [3.05, 3.63) is 36.7 Å². The lowest BCUT2D eigenvalue weighted by atomic mass is 10.0. The standard InChI is InChI=1S/C16H20N4OS.ClH/c1-20-11-10-18-16(20)22-13-7-5-12(6-8-13)19-15(21)14-4-2-3-9-17-14;/h5-8,10-11,14,17H,2-4,9H2,1H3,(H,19,21);1H/t14-;/m0./s1. The molecule has 3 rings (SSSR count). The van der Waals surface area contributed by atoms with Gasteiger partial charge in [0, 0.05) is 30.0 Å². The molecule has 2 N–H and O–H groups in total. The third kappa shape index (κ3) is 4.73. The zero-order valence-corrected chi connectivity index (χ0v) is 14.6. The summed E-state index contributed by atoms with van der Waals surface area (Å²) in [6.45, 7) is 0.928. The van der Waals surface area contributed by atoms with E-state index in [-0.39, 0.29) is 24.4 Å². The van der Waals surface area contributed by atoms with Gasteiger partial charge in [-0.05, 0) is 43.7 Å². The molecule has 1 aromatic carbocycles. The van der Waals surface area contributed by atoms with Crippen molar-refractivity contribution in [3.63, 3.8) is 0 Å². The Hall–Kier alpha value is -1.50. The number of halogens is 1. The van der Waals surface area contributed by atoms with Crippen LogP contribution < -0.4 is 10.6 Å². The quantitative estimate of drug-likeness (QED) is 0.887. The molecule has 0 unspecified atom stereocenters. The van der Waals surface area contributed by atoms with Crippen LogP contribution in [0.15, 0.2) is 46.7 Å². The Balaban J connectivity index is 0.00000192. The minimum Gasteiger partial charge on any atom is -0.329 e. The number of piperidine rings is 1. The fraction of sp³-hybridized carbons (Fsp3) is 0.375. The van der Waals surface area contributed by atoms with Crippen LogP contribution in [0.4, 0.5) is 5.69 Å². The van der Waals surface area contributed by atoms with E-state index < -0.39 is 0 Å². The minimum atomic E-state index is -0.0598. The molecule has 1 aromatic heterocycles. The van der Waals surface area contributed by atoms with Crippen molar-refractivity contribution in [2.75, 3.05) is 11.9 Å². The maximum atomic E-state index is 12.2. The number of carbonyl (C=O) groups is 1. The van der Waals surface area contributed by atoms with Gasteiger partial charge >= 0.3 is 0 Å². The average Bonchev–Trinajstić information content (AvgIpc) is 2.95. The largest absolute Gasteiger partial charge is 0.329 e. The molecular formula is C16H21ClN4OS. The van der Waals surface area contributed by atoms with Crippen LogP contribution >= 0.6 is 24.2 Å². The topological polar surface area (TPSA) is 59.0 Å². The molecule has 2 heterocycles. The lowest BCUT2D eigenvalue weighted by Crippen LogP contribution is -2.43. The number of rotatable bonds is 4. The van der Waals surface area contributed by atoms with Gasteiger partial charge in [-0.2, -0.15) is 0 Å². The number of amides is 1. The highest BCUT2D eigenvalue weighted by atomic mass is 35.5. The first-order valence-electron chi connectivity index (χ1n) is 7.52. The van der Waals surface area contributed by atoms with Gasteiger partial charge in [-0.25, -0.2) is 4.98 Å². The Bertz CT molecular complexity index is 638. The summed E-state index contributed by atoms with van der Waals surface area (Å²) in [5.74, 6) is 0.0594. The number of imidazole rings is 1. The van der Waals surface area contributed by atoms with Gasteiger partial charge in [0.05, 0.1) is 6.04 Å². The molecule has 1 aliphatic rings. The summed E-state index contributed by atoms with van der Waals surface area (Å²) in [6.07, 6.45) is 6.90. The van der Waals surface area contributed by atoms with Crippen molar-refractivity contribution in [2.45, 2.75) is 35.4 Å². The zero-order chi connectivity index (χ0) is 15.4. The molecule has 7 heteroatoms. The van der Waals surface area contributed by atoms with Crippen molar-refractivity contribution >= 4 is 35.8 Å². The van der Waals surface area contributed by atoms with E-state index in [0.29, 0.717) is 0 Å². The molecule has 1 fully saturated rings. The van der Waals surface area contributed by atoms with Crippen LogP contribution in [-0.4, -0.2) is 28.0 Å². The van der Waals surface area contributed by atoms with Crippen LogP contribution in [0.25, 0.3) is 0 Å². The van der Waals surface area contributed by atoms with E-state index in [0.717, 1.165) is 41.5 Å². The van der Waals surface area contributed by atoms with Gasteiger partial charge in [-0.15, -0.1) is 12.4 Å². The normalized spacial score (nSPS) is 17.3. The molecule has 23 heavy (non-hydrogen) atoms.